The van der Waals surface area contributed by atoms with E-state index in [0.29, 0.717) is 0 Å². The van der Waals surface area contributed by atoms with Gasteiger partial charge in [0.2, 0.25) is 0 Å². The van der Waals surface area contributed by atoms with Crippen LogP contribution in [0.1, 0.15) is 25.3 Å². The molecule has 16 heavy (non-hydrogen) atoms. The second kappa shape index (κ2) is 5.02. The Morgan fingerprint density at radius 1 is 1.06 bits per heavy atom. The van der Waals surface area contributed by atoms with E-state index in [0.717, 1.165) is 6.42 Å². The fraction of sp³-hybridized carbons (Fsp3) is 0.333. The molecule has 0 amide bonds. The minimum atomic E-state index is 1.16. The average Bonchev–Trinajstić information content (AvgIpc) is 2.35. The van der Waals surface area contributed by atoms with Gasteiger partial charge in [-0.2, -0.15) is 0 Å². The summed E-state index contributed by atoms with van der Waals surface area (Å²) in [6.07, 6.45) is 3.67. The normalized spacial score (nSPS) is 10.6. The lowest BCUT2D eigenvalue weighted by atomic mass is 10.0. The monoisotopic (exact) mass is 213 g/mol. The third-order valence-electron chi connectivity index (χ3n) is 3.06. The Kier molecular flexibility index (Phi) is 3.45. The number of hydrogen-bond acceptors (Lipinski definition) is 1. The van der Waals surface area contributed by atoms with Crippen LogP contribution in [0.4, 0.5) is 5.69 Å². The lowest BCUT2D eigenvalue weighted by molar-refractivity contribution is 0.796. The third-order valence-corrected chi connectivity index (χ3v) is 3.06. The van der Waals surface area contributed by atoms with Gasteiger partial charge in [-0.15, -0.1) is 0 Å². The van der Waals surface area contributed by atoms with Crippen LogP contribution in [-0.2, 0) is 6.42 Å². The lowest BCUT2D eigenvalue weighted by Gasteiger charge is -2.12. The van der Waals surface area contributed by atoms with Crippen molar-refractivity contribution in [2.45, 2.75) is 26.2 Å². The largest absolute Gasteiger partial charge is 0.387 e. The molecule has 1 N–H and O–H groups in total. The molecule has 0 unspecified atom stereocenters. The van der Waals surface area contributed by atoms with Crippen LogP contribution in [0.5, 0.6) is 0 Å². The Morgan fingerprint density at radius 3 is 2.62 bits per heavy atom. The molecule has 0 atom stereocenters. The zero-order valence-electron chi connectivity index (χ0n) is 10.1. The number of hydrogen-bond donors (Lipinski definition) is 1. The van der Waals surface area contributed by atoms with Crippen LogP contribution in [0.2, 0.25) is 0 Å². The van der Waals surface area contributed by atoms with Crippen LogP contribution in [0.15, 0.2) is 36.4 Å². The molecule has 2 rings (SSSR count). The second-order valence-corrected chi connectivity index (χ2v) is 4.17. The first-order chi connectivity index (χ1) is 7.86. The molecule has 84 valence electrons. The van der Waals surface area contributed by atoms with E-state index in [1.807, 2.05) is 7.05 Å². The number of benzene rings is 2. The summed E-state index contributed by atoms with van der Waals surface area (Å²) in [5, 5.41) is 5.99. The molecule has 1 heteroatoms. The van der Waals surface area contributed by atoms with Crippen molar-refractivity contribution in [2.24, 2.45) is 0 Å². The molecule has 0 bridgehead atoms. The van der Waals surface area contributed by atoms with Gasteiger partial charge in [-0.25, -0.2) is 0 Å². The molecule has 2 aromatic rings. The van der Waals surface area contributed by atoms with E-state index >= 15 is 0 Å². The molecule has 1 nitrogen and oxygen atoms in total. The van der Waals surface area contributed by atoms with Crippen molar-refractivity contribution in [3.8, 4) is 0 Å². The maximum absolute atomic E-state index is 3.35. The minimum absolute atomic E-state index is 1.16. The van der Waals surface area contributed by atoms with Crippen LogP contribution in [-0.4, -0.2) is 7.05 Å². The van der Waals surface area contributed by atoms with E-state index in [-0.39, 0.29) is 0 Å². The predicted molar refractivity (Wildman–Crippen MR) is 72.1 cm³/mol. The van der Waals surface area contributed by atoms with Gasteiger partial charge in [0.15, 0.2) is 0 Å². The Bertz CT molecular complexity index is 474. The molecular weight excluding hydrogens is 194 g/mol. The highest BCUT2D eigenvalue weighted by Gasteiger charge is 2.04. The van der Waals surface area contributed by atoms with Gasteiger partial charge in [0.1, 0.15) is 0 Å². The van der Waals surface area contributed by atoms with Gasteiger partial charge in [0.25, 0.3) is 0 Å². The van der Waals surface area contributed by atoms with Crippen LogP contribution >= 0.6 is 0 Å². The van der Waals surface area contributed by atoms with Gasteiger partial charge < -0.3 is 5.32 Å². The summed E-state index contributed by atoms with van der Waals surface area (Å²) in [4.78, 5) is 0. The number of fused-ring (bicyclic) bond motifs is 1. The molecule has 0 spiro atoms. The fourth-order valence-electron chi connectivity index (χ4n) is 2.19. The quantitative estimate of drug-likeness (QED) is 0.801. The highest BCUT2D eigenvalue weighted by molar-refractivity contribution is 5.95. The Balaban J connectivity index is 2.50. The zero-order chi connectivity index (χ0) is 11.4. The SMILES string of the molecule is CCCCc1ccc2ccccc2c1NC. The van der Waals surface area contributed by atoms with Gasteiger partial charge in [0, 0.05) is 18.1 Å². The van der Waals surface area contributed by atoms with E-state index in [9.17, 15) is 0 Å². The Morgan fingerprint density at radius 2 is 1.88 bits per heavy atom. The Labute approximate surface area is 97.5 Å². The van der Waals surface area contributed by atoms with Crippen LogP contribution < -0.4 is 5.32 Å². The molecule has 0 radical (unpaired) electrons. The summed E-state index contributed by atoms with van der Waals surface area (Å²) in [5.41, 5.74) is 2.73. The maximum atomic E-state index is 3.35. The van der Waals surface area contributed by atoms with Gasteiger partial charge in [-0.1, -0.05) is 49.7 Å². The van der Waals surface area contributed by atoms with E-state index < -0.39 is 0 Å². The van der Waals surface area contributed by atoms with Crippen molar-refractivity contribution in [3.05, 3.63) is 42.0 Å². The van der Waals surface area contributed by atoms with Crippen molar-refractivity contribution < 1.29 is 0 Å². The first kappa shape index (κ1) is 11.0. The van der Waals surface area contributed by atoms with Gasteiger partial charge in [0.05, 0.1) is 0 Å². The molecule has 0 aliphatic heterocycles. The van der Waals surface area contributed by atoms with Crippen molar-refractivity contribution in [1.82, 2.24) is 0 Å². The van der Waals surface area contributed by atoms with Crippen LogP contribution in [0.3, 0.4) is 0 Å². The second-order valence-electron chi connectivity index (χ2n) is 4.17. The van der Waals surface area contributed by atoms with Crippen molar-refractivity contribution in [3.63, 3.8) is 0 Å². The molecule has 2 aromatic carbocycles. The molecule has 0 saturated carbocycles. The van der Waals surface area contributed by atoms with Gasteiger partial charge >= 0.3 is 0 Å². The molecule has 0 aliphatic rings. The molecule has 0 aromatic heterocycles. The number of rotatable bonds is 4. The van der Waals surface area contributed by atoms with E-state index in [2.05, 4.69) is 48.6 Å². The summed E-state index contributed by atoms with van der Waals surface area (Å²) in [7, 11) is 2.01. The summed E-state index contributed by atoms with van der Waals surface area (Å²) < 4.78 is 0. The van der Waals surface area contributed by atoms with Crippen molar-refractivity contribution >= 4 is 16.5 Å². The number of anilines is 1. The molecule has 0 heterocycles. The van der Waals surface area contributed by atoms with E-state index in [4.69, 9.17) is 0 Å². The summed E-state index contributed by atoms with van der Waals surface area (Å²) in [5.74, 6) is 0. The summed E-state index contributed by atoms with van der Waals surface area (Å²) in [6, 6.07) is 13.0. The highest BCUT2D eigenvalue weighted by Crippen LogP contribution is 2.28. The molecule has 0 fully saturated rings. The molecule has 0 saturated heterocycles. The third kappa shape index (κ3) is 2.04. The van der Waals surface area contributed by atoms with Gasteiger partial charge in [-0.3, -0.25) is 0 Å². The smallest absolute Gasteiger partial charge is 0.0449 e. The van der Waals surface area contributed by atoms with Crippen molar-refractivity contribution in [1.29, 1.82) is 0 Å². The molecular formula is C15H19N. The first-order valence-corrected chi connectivity index (χ1v) is 6.05. The first-order valence-electron chi connectivity index (χ1n) is 6.05. The molecule has 0 aliphatic carbocycles. The minimum Gasteiger partial charge on any atom is -0.387 e. The topological polar surface area (TPSA) is 12.0 Å². The zero-order valence-corrected chi connectivity index (χ0v) is 10.1. The number of unbranched alkanes of at least 4 members (excludes halogenated alkanes) is 1. The van der Waals surface area contributed by atoms with Crippen molar-refractivity contribution in [2.75, 3.05) is 12.4 Å². The number of nitrogens with one attached hydrogen (secondary N) is 1. The predicted octanol–water partition coefficient (Wildman–Crippen LogP) is 4.22. The maximum Gasteiger partial charge on any atom is 0.0449 e. The van der Waals surface area contributed by atoms with Crippen LogP contribution in [0.25, 0.3) is 10.8 Å². The van der Waals surface area contributed by atoms with E-state index in [1.54, 1.807) is 0 Å². The Hall–Kier alpha value is -1.50. The van der Waals surface area contributed by atoms with E-state index in [1.165, 1.54) is 34.9 Å². The number of aryl methyl sites for hydroxylation is 1. The average molecular weight is 213 g/mol. The summed E-state index contributed by atoms with van der Waals surface area (Å²) >= 11 is 0. The fourth-order valence-corrected chi connectivity index (χ4v) is 2.19. The summed E-state index contributed by atoms with van der Waals surface area (Å²) in [6.45, 7) is 2.24. The standard InChI is InChI=1S/C15H19N/c1-3-4-7-13-11-10-12-8-5-6-9-14(12)15(13)16-2/h5-6,8-11,16H,3-4,7H2,1-2H3. The lowest BCUT2D eigenvalue weighted by Crippen LogP contribution is -1.96. The van der Waals surface area contributed by atoms with Crippen LogP contribution in [0, 0.1) is 0 Å². The highest BCUT2D eigenvalue weighted by atomic mass is 14.8. The van der Waals surface area contributed by atoms with Gasteiger partial charge in [-0.05, 0) is 23.8 Å².